The van der Waals surface area contributed by atoms with E-state index < -0.39 is 6.17 Å². The van der Waals surface area contributed by atoms with E-state index >= 15 is 0 Å². The van der Waals surface area contributed by atoms with Crippen molar-refractivity contribution in [3.8, 4) is 11.1 Å². The van der Waals surface area contributed by atoms with E-state index in [1.54, 1.807) is 0 Å². The van der Waals surface area contributed by atoms with Crippen LogP contribution in [0.5, 0.6) is 0 Å². The smallest absolute Gasteiger partial charge is 0.169 e. The second-order valence-corrected chi connectivity index (χ2v) is 15.5. The number of hydrogen-bond donors (Lipinski definition) is 1. The van der Waals surface area contributed by atoms with Gasteiger partial charge in [0.15, 0.2) is 6.17 Å². The predicted octanol–water partition coefficient (Wildman–Crippen LogP) is 13.6. The molecule has 0 fully saturated rings. The van der Waals surface area contributed by atoms with Gasteiger partial charge in [-0.3, -0.25) is 0 Å². The van der Waals surface area contributed by atoms with E-state index in [1.807, 2.05) is 41.7 Å². The lowest BCUT2D eigenvalue weighted by Crippen LogP contribution is -2.36. The molecule has 2 aromatic heterocycles. The molecule has 0 spiro atoms. The summed E-state index contributed by atoms with van der Waals surface area (Å²) in [6.45, 7) is 0. The Bertz CT molecular complexity index is 3430. The van der Waals surface area contributed by atoms with Gasteiger partial charge in [-0.2, -0.15) is 0 Å². The first kappa shape index (κ1) is 31.3. The zero-order valence-electron chi connectivity index (χ0n) is 30.0. The van der Waals surface area contributed by atoms with E-state index in [-0.39, 0.29) is 0 Å². The number of rotatable bonds is 4. The largest absolute Gasteiger partial charge is 0.455 e. The van der Waals surface area contributed by atoms with Crippen molar-refractivity contribution in [1.82, 2.24) is 5.32 Å². The van der Waals surface area contributed by atoms with E-state index in [2.05, 4.69) is 151 Å². The number of amidine groups is 2. The third-order valence-electron chi connectivity index (χ3n) is 11.3. The van der Waals surface area contributed by atoms with E-state index in [9.17, 15) is 0 Å². The molecule has 11 aromatic rings. The second-order valence-electron chi connectivity index (χ2n) is 14.5. The minimum atomic E-state index is -0.446. The molecule has 0 aliphatic carbocycles. The van der Waals surface area contributed by atoms with Crippen molar-refractivity contribution in [1.29, 1.82) is 0 Å². The van der Waals surface area contributed by atoms with Crippen molar-refractivity contribution in [2.75, 3.05) is 0 Å². The summed E-state index contributed by atoms with van der Waals surface area (Å²) in [5, 5.41) is 16.0. The molecule has 262 valence electrons. The highest BCUT2D eigenvalue weighted by molar-refractivity contribution is 7.26. The maximum Gasteiger partial charge on any atom is 0.169 e. The summed E-state index contributed by atoms with van der Waals surface area (Å²) in [6.07, 6.45) is -0.446. The zero-order chi connectivity index (χ0) is 36.7. The molecule has 56 heavy (non-hydrogen) atoms. The second kappa shape index (κ2) is 12.2. The average molecular weight is 734 g/mol. The molecular formula is C51H31N3OS. The normalized spacial score (nSPS) is 14.6. The van der Waals surface area contributed by atoms with Gasteiger partial charge in [0.1, 0.15) is 22.8 Å². The first-order valence-corrected chi connectivity index (χ1v) is 19.7. The summed E-state index contributed by atoms with van der Waals surface area (Å²) in [5.74, 6) is 1.52. The van der Waals surface area contributed by atoms with Crippen molar-refractivity contribution in [2.24, 2.45) is 9.98 Å². The summed E-state index contributed by atoms with van der Waals surface area (Å²) in [6, 6.07) is 62.7. The molecule has 4 nitrogen and oxygen atoms in total. The Balaban J connectivity index is 1.00. The lowest BCUT2D eigenvalue weighted by Gasteiger charge is -2.22. The van der Waals surface area contributed by atoms with Crippen molar-refractivity contribution >= 4 is 97.4 Å². The lowest BCUT2D eigenvalue weighted by molar-refractivity contribution is 0.667. The third-order valence-corrected chi connectivity index (χ3v) is 12.5. The summed E-state index contributed by atoms with van der Waals surface area (Å²) in [4.78, 5) is 10.5. The molecule has 0 radical (unpaired) electrons. The number of benzene rings is 9. The maximum atomic E-state index is 6.46. The minimum Gasteiger partial charge on any atom is -0.455 e. The number of nitrogens with one attached hydrogen (secondary N) is 1. The molecule has 5 heteroatoms. The average Bonchev–Trinajstić information content (AvgIpc) is 3.85. The fourth-order valence-electron chi connectivity index (χ4n) is 8.69. The lowest BCUT2D eigenvalue weighted by atomic mass is 9.92. The van der Waals surface area contributed by atoms with Gasteiger partial charge in [-0.05, 0) is 73.3 Å². The summed E-state index contributed by atoms with van der Waals surface area (Å²) < 4.78 is 8.96. The molecule has 0 bridgehead atoms. The Morgan fingerprint density at radius 3 is 1.82 bits per heavy atom. The van der Waals surface area contributed by atoms with E-state index in [1.165, 1.54) is 63.6 Å². The summed E-state index contributed by atoms with van der Waals surface area (Å²) in [5.41, 5.74) is 7.10. The fraction of sp³-hybridized carbons (Fsp3) is 0.0196. The number of hydrogen-bond acceptors (Lipinski definition) is 5. The standard InChI is InChI=1S/C51H31N3OS/c1-2-12-30(13-3-1)49-52-50(54-51(53-49)43-22-11-20-41-39-18-8-9-23-45(39)55-47(41)43)32-25-27-40-42-21-10-19-33(48(42)56-46(40)29-32)31-24-26-38-36-16-5-4-14-34(36)35-15-6-7-17-37(35)44(38)28-31/h1-29,50H,(H,52,53,54). The van der Waals surface area contributed by atoms with Gasteiger partial charge in [-0.25, -0.2) is 9.98 Å². The van der Waals surface area contributed by atoms with Gasteiger partial charge in [0.2, 0.25) is 0 Å². The topological polar surface area (TPSA) is 49.9 Å². The highest BCUT2D eigenvalue weighted by atomic mass is 32.1. The van der Waals surface area contributed by atoms with E-state index in [0.717, 1.165) is 50.3 Å². The molecule has 0 amide bonds. The van der Waals surface area contributed by atoms with Crippen LogP contribution in [0.15, 0.2) is 190 Å². The Hall–Kier alpha value is -7.08. The molecule has 1 aliphatic heterocycles. The molecule has 9 aromatic carbocycles. The Labute approximate surface area is 325 Å². The molecule has 1 unspecified atom stereocenters. The van der Waals surface area contributed by atoms with Crippen LogP contribution in [0.3, 0.4) is 0 Å². The van der Waals surface area contributed by atoms with Crippen LogP contribution < -0.4 is 5.32 Å². The molecule has 0 saturated heterocycles. The zero-order valence-corrected chi connectivity index (χ0v) is 30.8. The highest BCUT2D eigenvalue weighted by Crippen LogP contribution is 2.43. The van der Waals surface area contributed by atoms with E-state index in [0.29, 0.717) is 0 Å². The van der Waals surface area contributed by atoms with Crippen LogP contribution in [-0.4, -0.2) is 11.7 Å². The maximum absolute atomic E-state index is 6.46. The van der Waals surface area contributed by atoms with E-state index in [4.69, 9.17) is 14.4 Å². The summed E-state index contributed by atoms with van der Waals surface area (Å²) in [7, 11) is 0. The van der Waals surface area contributed by atoms with Crippen molar-refractivity contribution < 1.29 is 4.42 Å². The van der Waals surface area contributed by atoms with Gasteiger partial charge in [0, 0.05) is 36.5 Å². The molecule has 0 saturated carbocycles. The monoisotopic (exact) mass is 733 g/mol. The van der Waals surface area contributed by atoms with Crippen molar-refractivity contribution in [2.45, 2.75) is 6.17 Å². The fourth-order valence-corrected chi connectivity index (χ4v) is 9.98. The molecule has 12 rings (SSSR count). The molecule has 1 N–H and O–H groups in total. The number of aliphatic imine (C=N–C) groups is 2. The molecule has 1 aliphatic rings. The minimum absolute atomic E-state index is 0.446. The van der Waals surface area contributed by atoms with Crippen LogP contribution in [0.2, 0.25) is 0 Å². The molecular weight excluding hydrogens is 703 g/mol. The quantitative estimate of drug-likeness (QED) is 0.183. The van der Waals surface area contributed by atoms with Gasteiger partial charge in [0.05, 0.1) is 5.56 Å². The Kier molecular flexibility index (Phi) is 6.83. The van der Waals surface area contributed by atoms with Crippen LogP contribution in [-0.2, 0) is 0 Å². The van der Waals surface area contributed by atoms with Crippen molar-refractivity contribution in [3.05, 3.63) is 193 Å². The van der Waals surface area contributed by atoms with Crippen LogP contribution >= 0.6 is 11.3 Å². The predicted molar refractivity (Wildman–Crippen MR) is 236 cm³/mol. The van der Waals surface area contributed by atoms with Gasteiger partial charge >= 0.3 is 0 Å². The Morgan fingerprint density at radius 1 is 0.429 bits per heavy atom. The van der Waals surface area contributed by atoms with Gasteiger partial charge in [-0.1, -0.05) is 152 Å². The molecule has 3 heterocycles. The van der Waals surface area contributed by atoms with Crippen LogP contribution in [0.25, 0.3) is 85.6 Å². The van der Waals surface area contributed by atoms with Gasteiger partial charge < -0.3 is 9.73 Å². The molecule has 1 atom stereocenters. The summed E-state index contributed by atoms with van der Waals surface area (Å²) >= 11 is 1.84. The SMILES string of the molecule is c1ccc(C2=NC(c3ccc4c(c3)sc3c(-c5ccc6c7ccccc7c7ccccc7c6c5)cccc34)N=C(c3cccc4c3oc3ccccc34)N2)cc1. The number of fused-ring (bicyclic) bond motifs is 12. The first-order valence-electron chi connectivity index (χ1n) is 18.9. The number of nitrogens with zero attached hydrogens (tertiary/aromatic N) is 2. The Morgan fingerprint density at radius 2 is 1.04 bits per heavy atom. The third kappa shape index (κ3) is 4.78. The van der Waals surface area contributed by atoms with Gasteiger partial charge in [0.25, 0.3) is 0 Å². The van der Waals surface area contributed by atoms with Crippen LogP contribution in [0.4, 0.5) is 0 Å². The number of furan rings is 1. The van der Waals surface area contributed by atoms with Crippen molar-refractivity contribution in [3.63, 3.8) is 0 Å². The number of para-hydroxylation sites is 2. The first-order chi connectivity index (χ1) is 27.7. The van der Waals surface area contributed by atoms with Gasteiger partial charge in [-0.15, -0.1) is 11.3 Å². The highest BCUT2D eigenvalue weighted by Gasteiger charge is 2.24. The van der Waals surface area contributed by atoms with Crippen LogP contribution in [0.1, 0.15) is 22.9 Å². The van der Waals surface area contributed by atoms with Crippen LogP contribution in [0, 0.1) is 0 Å². The number of thiophene rings is 1.